The molecule has 0 aliphatic rings. The molecule has 0 aromatic rings. The zero-order chi connectivity index (χ0) is 9.61. The Morgan fingerprint density at radius 1 is 1.58 bits per heavy atom. The van der Waals surface area contributed by atoms with Crippen molar-refractivity contribution in [1.82, 2.24) is 0 Å². The van der Waals surface area contributed by atoms with Crippen LogP contribution in [0.2, 0.25) is 0 Å². The van der Waals surface area contributed by atoms with Gasteiger partial charge in [0.1, 0.15) is 0 Å². The lowest BCUT2D eigenvalue weighted by Crippen LogP contribution is -2.25. The second-order valence-electron chi connectivity index (χ2n) is 2.65. The molecule has 0 rings (SSSR count). The van der Waals surface area contributed by atoms with Gasteiger partial charge in [0.05, 0.1) is 6.61 Å². The van der Waals surface area contributed by atoms with E-state index in [-0.39, 0.29) is 0 Å². The average Bonchev–Trinajstić information content (AvgIpc) is 1.84. The summed E-state index contributed by atoms with van der Waals surface area (Å²) in [5, 5.41) is 0. The van der Waals surface area contributed by atoms with Crippen LogP contribution in [0, 0.1) is 0 Å². The molecule has 12 heavy (non-hydrogen) atoms. The minimum Gasteiger partial charge on any atom is -0.346 e. The summed E-state index contributed by atoms with van der Waals surface area (Å²) < 4.78 is 20.1. The van der Waals surface area contributed by atoms with Gasteiger partial charge in [-0.3, -0.25) is 9.09 Å². The molecule has 0 fully saturated rings. The van der Waals surface area contributed by atoms with Crippen molar-refractivity contribution >= 4 is 8.25 Å². The van der Waals surface area contributed by atoms with Crippen LogP contribution in [0.1, 0.15) is 20.8 Å². The maximum atomic E-state index is 10.3. The summed E-state index contributed by atoms with van der Waals surface area (Å²) in [4.78, 5) is 8.47. The number of hydrogen-bond acceptors (Lipinski definition) is 3. The highest BCUT2D eigenvalue weighted by Gasteiger charge is 2.20. The van der Waals surface area contributed by atoms with Crippen LogP contribution < -0.4 is 0 Å². The lowest BCUT2D eigenvalue weighted by Gasteiger charge is -2.22. The fourth-order valence-electron chi connectivity index (χ4n) is 0.585. The minimum atomic E-state index is -2.93. The maximum Gasteiger partial charge on any atom is 0.319 e. The van der Waals surface area contributed by atoms with Gasteiger partial charge in [-0.1, -0.05) is 12.2 Å². The van der Waals surface area contributed by atoms with Crippen molar-refractivity contribution < 1.29 is 18.7 Å². The second kappa shape index (κ2) is 5.49. The van der Waals surface area contributed by atoms with Crippen LogP contribution in [-0.4, -0.2) is 17.3 Å². The van der Waals surface area contributed by atoms with E-state index in [4.69, 9.17) is 9.63 Å². The van der Waals surface area contributed by atoms with Gasteiger partial charge in [0, 0.05) is 0 Å². The van der Waals surface area contributed by atoms with Crippen LogP contribution >= 0.6 is 8.25 Å². The first-order chi connectivity index (χ1) is 5.48. The summed E-state index contributed by atoms with van der Waals surface area (Å²) in [5.41, 5.74) is 0. The molecule has 4 nitrogen and oxygen atoms in total. The zero-order valence-electron chi connectivity index (χ0n) is 7.53. The van der Waals surface area contributed by atoms with Gasteiger partial charge >= 0.3 is 8.25 Å². The number of allylic oxidation sites excluding steroid dienone is 1. The Morgan fingerprint density at radius 2 is 2.17 bits per heavy atom. The average molecular weight is 194 g/mol. The lowest BCUT2D eigenvalue weighted by molar-refractivity contribution is -0.147. The van der Waals surface area contributed by atoms with Crippen LogP contribution in [0.15, 0.2) is 12.2 Å². The molecule has 0 aromatic carbocycles. The highest BCUT2D eigenvalue weighted by Crippen LogP contribution is 2.26. The predicted molar refractivity (Wildman–Crippen MR) is 47.2 cm³/mol. The molecule has 0 saturated carbocycles. The molecule has 0 bridgehead atoms. The molecule has 1 unspecified atom stereocenters. The first kappa shape index (κ1) is 11.8. The molecule has 72 valence electrons. The van der Waals surface area contributed by atoms with Gasteiger partial charge in [0.2, 0.25) is 0 Å². The van der Waals surface area contributed by atoms with Crippen LogP contribution in [0.4, 0.5) is 0 Å². The number of rotatable bonds is 5. The molecule has 0 aliphatic carbocycles. The summed E-state index contributed by atoms with van der Waals surface area (Å²) in [6.45, 7) is 5.43. The third-order valence-electron chi connectivity index (χ3n) is 1.10. The Labute approximate surface area is 73.1 Å². The number of hydrogen-bond donors (Lipinski definition) is 1. The van der Waals surface area contributed by atoms with Gasteiger partial charge in [-0.05, 0) is 20.8 Å². The molecule has 0 spiro atoms. The third-order valence-corrected chi connectivity index (χ3v) is 1.76. The topological polar surface area (TPSA) is 55.8 Å². The molecule has 0 amide bonds. The van der Waals surface area contributed by atoms with E-state index in [1.807, 2.05) is 13.0 Å². The van der Waals surface area contributed by atoms with Gasteiger partial charge < -0.3 is 9.63 Å². The van der Waals surface area contributed by atoms with Crippen LogP contribution in [-0.2, 0) is 13.8 Å². The van der Waals surface area contributed by atoms with Crippen molar-refractivity contribution in [1.29, 1.82) is 0 Å². The minimum absolute atomic E-state index is 0.374. The van der Waals surface area contributed by atoms with Crippen LogP contribution in [0.5, 0.6) is 0 Å². The molecule has 1 atom stereocenters. The SMILES string of the molecule is C/C=C\COC(C)(C)O[PH](=O)O. The smallest absolute Gasteiger partial charge is 0.319 e. The Balaban J connectivity index is 3.78. The molecule has 0 heterocycles. The van der Waals surface area contributed by atoms with E-state index in [2.05, 4.69) is 4.52 Å². The van der Waals surface area contributed by atoms with Gasteiger partial charge in [-0.15, -0.1) is 0 Å². The fourth-order valence-corrected chi connectivity index (χ4v) is 1.06. The molecule has 5 heteroatoms. The lowest BCUT2D eigenvalue weighted by atomic mass is 10.4. The van der Waals surface area contributed by atoms with Crippen molar-refractivity contribution in [3.8, 4) is 0 Å². The third kappa shape index (κ3) is 6.55. The zero-order valence-corrected chi connectivity index (χ0v) is 8.53. The maximum absolute atomic E-state index is 10.3. The van der Waals surface area contributed by atoms with E-state index in [0.29, 0.717) is 6.61 Å². The standard InChI is InChI=1S/C7H15O4P/c1-4-5-6-10-7(2,3)11-12(8)9/h4-5,12H,6H2,1-3H3,(H,8,9)/b5-4-. The van der Waals surface area contributed by atoms with E-state index >= 15 is 0 Å². The van der Waals surface area contributed by atoms with E-state index in [0.717, 1.165) is 0 Å². The Hall–Kier alpha value is -0.150. The van der Waals surface area contributed by atoms with E-state index in [1.165, 1.54) is 0 Å². The monoisotopic (exact) mass is 194 g/mol. The van der Waals surface area contributed by atoms with Gasteiger partial charge in [0.15, 0.2) is 5.79 Å². The quantitative estimate of drug-likeness (QED) is 0.411. The fraction of sp³-hybridized carbons (Fsp3) is 0.714. The molecule has 0 aromatic heterocycles. The van der Waals surface area contributed by atoms with E-state index < -0.39 is 14.0 Å². The van der Waals surface area contributed by atoms with Gasteiger partial charge in [-0.2, -0.15) is 0 Å². The normalized spacial score (nSPS) is 15.3. The summed E-state index contributed by atoms with van der Waals surface area (Å²) in [6.07, 6.45) is 3.62. The largest absolute Gasteiger partial charge is 0.346 e. The molecule has 0 radical (unpaired) electrons. The number of ether oxygens (including phenoxy) is 1. The molecular formula is C7H15O4P. The first-order valence-electron chi connectivity index (χ1n) is 3.65. The Bertz CT molecular complexity index is 176. The highest BCUT2D eigenvalue weighted by molar-refractivity contribution is 7.32. The van der Waals surface area contributed by atoms with Crippen molar-refractivity contribution in [3.05, 3.63) is 12.2 Å². The van der Waals surface area contributed by atoms with Crippen LogP contribution in [0.25, 0.3) is 0 Å². The van der Waals surface area contributed by atoms with Gasteiger partial charge in [0.25, 0.3) is 0 Å². The summed E-state index contributed by atoms with van der Waals surface area (Å²) in [6, 6.07) is 0. The molecule has 1 N–H and O–H groups in total. The Morgan fingerprint density at radius 3 is 2.58 bits per heavy atom. The summed E-state index contributed by atoms with van der Waals surface area (Å²) in [7, 11) is -2.93. The van der Waals surface area contributed by atoms with Crippen molar-refractivity contribution in [3.63, 3.8) is 0 Å². The molecule has 0 saturated heterocycles. The van der Waals surface area contributed by atoms with Crippen LogP contribution in [0.3, 0.4) is 0 Å². The van der Waals surface area contributed by atoms with Crippen molar-refractivity contribution in [2.24, 2.45) is 0 Å². The highest BCUT2D eigenvalue weighted by atomic mass is 31.1. The second-order valence-corrected chi connectivity index (χ2v) is 3.38. The van der Waals surface area contributed by atoms with Gasteiger partial charge in [-0.25, -0.2) is 0 Å². The molecular weight excluding hydrogens is 179 g/mol. The van der Waals surface area contributed by atoms with Crippen molar-refractivity contribution in [2.45, 2.75) is 26.6 Å². The summed E-state index contributed by atoms with van der Waals surface area (Å²) >= 11 is 0. The molecule has 0 aliphatic heterocycles. The van der Waals surface area contributed by atoms with Crippen molar-refractivity contribution in [2.75, 3.05) is 6.61 Å². The Kier molecular flexibility index (Phi) is 5.42. The van der Waals surface area contributed by atoms with E-state index in [9.17, 15) is 4.57 Å². The predicted octanol–water partition coefficient (Wildman–Crippen LogP) is 1.71. The summed E-state index contributed by atoms with van der Waals surface area (Å²) in [5.74, 6) is -0.996. The first-order valence-corrected chi connectivity index (χ1v) is 4.91. The van der Waals surface area contributed by atoms with E-state index in [1.54, 1.807) is 19.9 Å².